The van der Waals surface area contributed by atoms with Crippen molar-refractivity contribution in [3.63, 3.8) is 0 Å². The lowest BCUT2D eigenvalue weighted by molar-refractivity contribution is -0.0603. The SMILES string of the molecule is CC1(c2nc3cc(Cl)c(Cl)cc3[nH]2)CC(C(F)(F)F)=NN1. The summed E-state index contributed by atoms with van der Waals surface area (Å²) < 4.78 is 38.1. The summed E-state index contributed by atoms with van der Waals surface area (Å²) in [7, 11) is 0. The van der Waals surface area contributed by atoms with E-state index >= 15 is 0 Å². The summed E-state index contributed by atoms with van der Waals surface area (Å²) >= 11 is 11.8. The minimum absolute atomic E-state index is 0.308. The maximum atomic E-state index is 12.7. The molecule has 1 atom stereocenters. The van der Waals surface area contributed by atoms with Crippen LogP contribution in [0.1, 0.15) is 19.2 Å². The van der Waals surface area contributed by atoms with Crippen molar-refractivity contribution in [2.24, 2.45) is 5.10 Å². The van der Waals surface area contributed by atoms with Crippen LogP contribution in [-0.2, 0) is 5.54 Å². The van der Waals surface area contributed by atoms with E-state index in [1.165, 1.54) is 0 Å². The number of halogens is 5. The number of alkyl halides is 3. The monoisotopic (exact) mass is 336 g/mol. The largest absolute Gasteiger partial charge is 0.431 e. The standard InChI is InChI=1S/C12H9Cl2F3N4/c1-11(4-9(20-21-11)12(15,16)17)10-18-7-2-5(13)6(14)3-8(7)19-10/h2-3,21H,4H2,1H3,(H,18,19). The van der Waals surface area contributed by atoms with E-state index < -0.39 is 17.4 Å². The molecule has 3 rings (SSSR count). The van der Waals surface area contributed by atoms with Crippen molar-refractivity contribution >= 4 is 39.9 Å². The summed E-state index contributed by atoms with van der Waals surface area (Å²) in [6.45, 7) is 1.59. The Kier molecular flexibility index (Phi) is 3.11. The first-order valence-electron chi connectivity index (χ1n) is 5.95. The second kappa shape index (κ2) is 4.51. The van der Waals surface area contributed by atoms with Crippen LogP contribution in [-0.4, -0.2) is 21.9 Å². The van der Waals surface area contributed by atoms with Crippen molar-refractivity contribution in [1.29, 1.82) is 0 Å². The molecule has 0 radical (unpaired) electrons. The molecule has 2 N–H and O–H groups in total. The van der Waals surface area contributed by atoms with Gasteiger partial charge in [-0.15, -0.1) is 0 Å². The van der Waals surface area contributed by atoms with Gasteiger partial charge in [-0.3, -0.25) is 5.43 Å². The van der Waals surface area contributed by atoms with Gasteiger partial charge in [0.2, 0.25) is 0 Å². The fourth-order valence-corrected chi connectivity index (χ4v) is 2.49. The Hall–Kier alpha value is -1.47. The number of nitrogens with one attached hydrogen (secondary N) is 2. The number of fused-ring (bicyclic) bond motifs is 1. The van der Waals surface area contributed by atoms with Gasteiger partial charge in [0.1, 0.15) is 17.1 Å². The first-order valence-corrected chi connectivity index (χ1v) is 6.71. The zero-order valence-corrected chi connectivity index (χ0v) is 12.2. The third-order valence-electron chi connectivity index (χ3n) is 3.33. The topological polar surface area (TPSA) is 53.1 Å². The molecule has 1 aromatic heterocycles. The van der Waals surface area contributed by atoms with Crippen molar-refractivity contribution in [2.45, 2.75) is 25.1 Å². The Bertz CT molecular complexity index is 714. The Labute approximate surface area is 127 Å². The molecule has 0 amide bonds. The number of nitrogens with zero attached hydrogens (tertiary/aromatic N) is 2. The Morgan fingerprint density at radius 1 is 1.24 bits per heavy atom. The Balaban J connectivity index is 1.98. The van der Waals surface area contributed by atoms with E-state index in [1.54, 1.807) is 19.1 Å². The zero-order valence-electron chi connectivity index (χ0n) is 10.6. The van der Waals surface area contributed by atoms with Gasteiger partial charge < -0.3 is 4.98 Å². The van der Waals surface area contributed by atoms with Gasteiger partial charge in [-0.2, -0.15) is 18.3 Å². The quantitative estimate of drug-likeness (QED) is 0.827. The van der Waals surface area contributed by atoms with Crippen LogP contribution in [0.5, 0.6) is 0 Å². The molecule has 1 aromatic carbocycles. The minimum atomic E-state index is -4.45. The highest BCUT2D eigenvalue weighted by Crippen LogP contribution is 2.35. The lowest BCUT2D eigenvalue weighted by atomic mass is 9.96. The molecule has 0 fully saturated rings. The maximum Gasteiger partial charge on any atom is 0.431 e. The third kappa shape index (κ3) is 2.44. The number of benzene rings is 1. The van der Waals surface area contributed by atoms with E-state index in [0.717, 1.165) is 0 Å². The van der Waals surface area contributed by atoms with Crippen molar-refractivity contribution in [1.82, 2.24) is 15.4 Å². The summed E-state index contributed by atoms with van der Waals surface area (Å²) in [5, 5.41) is 4.05. The van der Waals surface area contributed by atoms with Crippen LogP contribution in [0.2, 0.25) is 10.0 Å². The van der Waals surface area contributed by atoms with Crippen molar-refractivity contribution in [3.05, 3.63) is 28.0 Å². The molecular formula is C12H9Cl2F3N4. The molecule has 1 aliphatic heterocycles. The highest BCUT2D eigenvalue weighted by atomic mass is 35.5. The lowest BCUT2D eigenvalue weighted by Gasteiger charge is -2.20. The van der Waals surface area contributed by atoms with Crippen LogP contribution < -0.4 is 5.43 Å². The van der Waals surface area contributed by atoms with Gasteiger partial charge in [0.05, 0.1) is 21.1 Å². The summed E-state index contributed by atoms with van der Waals surface area (Å²) in [6.07, 6.45) is -4.76. The molecule has 4 nitrogen and oxygen atoms in total. The first kappa shape index (κ1) is 14.5. The van der Waals surface area contributed by atoms with Gasteiger partial charge in [0, 0.05) is 6.42 Å². The van der Waals surface area contributed by atoms with Crippen molar-refractivity contribution in [3.8, 4) is 0 Å². The van der Waals surface area contributed by atoms with Gasteiger partial charge >= 0.3 is 6.18 Å². The number of imidazole rings is 1. The molecule has 1 unspecified atom stereocenters. The molecule has 21 heavy (non-hydrogen) atoms. The molecule has 2 aromatic rings. The van der Waals surface area contributed by atoms with Gasteiger partial charge in [-0.05, 0) is 19.1 Å². The molecular weight excluding hydrogens is 328 g/mol. The zero-order chi connectivity index (χ0) is 15.4. The van der Waals surface area contributed by atoms with Gasteiger partial charge in [0.15, 0.2) is 0 Å². The van der Waals surface area contributed by atoms with Crippen LogP contribution in [0.3, 0.4) is 0 Å². The first-order chi connectivity index (χ1) is 9.69. The van der Waals surface area contributed by atoms with Gasteiger partial charge in [0.25, 0.3) is 0 Å². The molecule has 1 aliphatic rings. The fourth-order valence-electron chi connectivity index (χ4n) is 2.17. The van der Waals surface area contributed by atoms with Crippen LogP contribution in [0.15, 0.2) is 17.2 Å². The predicted octanol–water partition coefficient (Wildman–Crippen LogP) is 4.00. The van der Waals surface area contributed by atoms with Gasteiger partial charge in [-0.25, -0.2) is 4.98 Å². The number of rotatable bonds is 1. The van der Waals surface area contributed by atoms with Crippen LogP contribution in [0.25, 0.3) is 11.0 Å². The summed E-state index contributed by atoms with van der Waals surface area (Å²) in [6, 6.07) is 3.14. The highest BCUT2D eigenvalue weighted by Gasteiger charge is 2.46. The number of aromatic nitrogens is 2. The molecule has 2 heterocycles. The minimum Gasteiger partial charge on any atom is -0.340 e. The molecule has 0 bridgehead atoms. The van der Waals surface area contributed by atoms with Crippen LogP contribution >= 0.6 is 23.2 Å². The maximum absolute atomic E-state index is 12.7. The number of H-pyrrole nitrogens is 1. The van der Waals surface area contributed by atoms with Crippen molar-refractivity contribution in [2.75, 3.05) is 0 Å². The molecule has 0 spiro atoms. The average Bonchev–Trinajstić information content (AvgIpc) is 2.94. The van der Waals surface area contributed by atoms with E-state index in [0.29, 0.717) is 26.9 Å². The van der Waals surface area contributed by atoms with E-state index in [-0.39, 0.29) is 6.42 Å². The van der Waals surface area contributed by atoms with Crippen molar-refractivity contribution < 1.29 is 13.2 Å². The lowest BCUT2D eigenvalue weighted by Crippen LogP contribution is -2.34. The summed E-state index contributed by atoms with van der Waals surface area (Å²) in [5.41, 5.74) is 1.72. The van der Waals surface area contributed by atoms with E-state index in [1.807, 2.05) is 0 Å². The number of hydrogen-bond donors (Lipinski definition) is 2. The van der Waals surface area contributed by atoms with Crippen LogP contribution in [0.4, 0.5) is 13.2 Å². The van der Waals surface area contributed by atoms with Gasteiger partial charge in [-0.1, -0.05) is 23.2 Å². The number of hydrazone groups is 1. The predicted molar refractivity (Wildman–Crippen MR) is 74.7 cm³/mol. The number of hydrogen-bond acceptors (Lipinski definition) is 3. The van der Waals surface area contributed by atoms with Crippen LogP contribution in [0, 0.1) is 0 Å². The van der Waals surface area contributed by atoms with E-state index in [4.69, 9.17) is 23.2 Å². The molecule has 112 valence electrons. The fraction of sp³-hybridized carbons (Fsp3) is 0.333. The summed E-state index contributed by atoms with van der Waals surface area (Å²) in [5.74, 6) is 0.346. The van der Waals surface area contributed by atoms with E-state index in [9.17, 15) is 13.2 Å². The normalized spacial score (nSPS) is 22.5. The molecule has 0 saturated carbocycles. The smallest absolute Gasteiger partial charge is 0.340 e. The Morgan fingerprint density at radius 2 is 1.90 bits per heavy atom. The highest BCUT2D eigenvalue weighted by molar-refractivity contribution is 6.42. The van der Waals surface area contributed by atoms with E-state index in [2.05, 4.69) is 20.5 Å². The second-order valence-electron chi connectivity index (χ2n) is 5.05. The molecule has 9 heteroatoms. The summed E-state index contributed by atoms with van der Waals surface area (Å²) in [4.78, 5) is 7.24. The Morgan fingerprint density at radius 3 is 2.52 bits per heavy atom. The molecule has 0 aliphatic carbocycles. The molecule has 0 saturated heterocycles. The average molecular weight is 337 g/mol. The third-order valence-corrected chi connectivity index (χ3v) is 4.05. The second-order valence-corrected chi connectivity index (χ2v) is 5.86. The number of aromatic amines is 1.